The van der Waals surface area contributed by atoms with Crippen molar-refractivity contribution in [3.63, 3.8) is 0 Å². The first-order valence-corrected chi connectivity index (χ1v) is 17.2. The molecule has 5 aromatic rings. The van der Waals surface area contributed by atoms with Gasteiger partial charge in [0.15, 0.2) is 17.4 Å². The van der Waals surface area contributed by atoms with Crippen molar-refractivity contribution in [2.75, 3.05) is 0 Å². The second kappa shape index (κ2) is 13.8. The van der Waals surface area contributed by atoms with Crippen LogP contribution in [0.5, 0.6) is 11.5 Å². The molecule has 0 radical (unpaired) electrons. The van der Waals surface area contributed by atoms with Crippen molar-refractivity contribution in [1.82, 2.24) is 30.4 Å². The van der Waals surface area contributed by atoms with Crippen molar-refractivity contribution in [2.45, 2.75) is 83.0 Å². The van der Waals surface area contributed by atoms with Crippen LogP contribution >= 0.6 is 0 Å². The number of ether oxygens (including phenoxy) is 2. The van der Waals surface area contributed by atoms with Gasteiger partial charge >= 0.3 is 6.09 Å². The van der Waals surface area contributed by atoms with Gasteiger partial charge in [-0.3, -0.25) is 19.6 Å². The predicted molar refractivity (Wildman–Crippen MR) is 187 cm³/mol. The van der Waals surface area contributed by atoms with Gasteiger partial charge in [-0.15, -0.1) is 0 Å². The van der Waals surface area contributed by atoms with Crippen LogP contribution in [0.1, 0.15) is 80.7 Å². The van der Waals surface area contributed by atoms with Gasteiger partial charge in [-0.25, -0.2) is 18.7 Å². The number of carbonyl (C=O) groups is 2. The fourth-order valence-electron chi connectivity index (χ4n) is 6.80. The molecule has 0 saturated heterocycles. The Hall–Kier alpha value is -5.72. The molecule has 13 heteroatoms. The second-order valence-electron chi connectivity index (χ2n) is 14.2. The highest BCUT2D eigenvalue weighted by Gasteiger charge is 2.54. The number of nitrogens with zero attached hydrogens (tertiary/aromatic N) is 4. The molecule has 11 nitrogen and oxygen atoms in total. The van der Waals surface area contributed by atoms with E-state index in [4.69, 9.17) is 14.5 Å². The number of halogens is 2. The average Bonchev–Trinajstić information content (AvgIpc) is 3.94. The molecule has 3 aromatic heterocycles. The highest BCUT2D eigenvalue weighted by Crippen LogP contribution is 2.52. The molecule has 2 amide bonds. The average molecular weight is 709 g/mol. The normalized spacial score (nSPS) is 16.1. The van der Waals surface area contributed by atoms with E-state index in [0.717, 1.165) is 41.8 Å². The quantitative estimate of drug-likeness (QED) is 0.168. The smallest absolute Gasteiger partial charge is 0.407 e. The van der Waals surface area contributed by atoms with Gasteiger partial charge in [-0.1, -0.05) is 18.2 Å². The summed E-state index contributed by atoms with van der Waals surface area (Å²) in [7, 11) is 0. The monoisotopic (exact) mass is 708 g/mol. The van der Waals surface area contributed by atoms with Crippen LogP contribution in [0.15, 0.2) is 77.9 Å². The SMILES string of the molecule is CC(C)(C)OC(=O)NCc1n[nH]c(=O)c2ccc(C3(C(=O)N(Cc4ccc(Oc5c(F)cccc5F)cn4)C4CCCc5cccnc54)CC3)cc12. The molecule has 2 aliphatic rings. The third-order valence-electron chi connectivity index (χ3n) is 9.45. The zero-order chi connectivity index (χ0) is 36.6. The Bertz CT molecular complexity index is 2190. The molecule has 1 atom stereocenters. The zero-order valence-corrected chi connectivity index (χ0v) is 29.0. The fourth-order valence-corrected chi connectivity index (χ4v) is 6.80. The van der Waals surface area contributed by atoms with Crippen LogP contribution in [0.2, 0.25) is 0 Å². The molecule has 0 spiro atoms. The number of carbonyl (C=O) groups excluding carboxylic acids is 2. The minimum absolute atomic E-state index is 0.00181. The Morgan fingerprint density at radius 3 is 2.52 bits per heavy atom. The highest BCUT2D eigenvalue weighted by molar-refractivity contribution is 5.94. The van der Waals surface area contributed by atoms with Crippen LogP contribution in [-0.2, 0) is 34.5 Å². The van der Waals surface area contributed by atoms with Crippen molar-refractivity contribution in [2.24, 2.45) is 0 Å². The number of benzene rings is 2. The van der Waals surface area contributed by atoms with Gasteiger partial charge in [0.2, 0.25) is 5.91 Å². The zero-order valence-electron chi connectivity index (χ0n) is 29.0. The van der Waals surface area contributed by atoms with Gasteiger partial charge in [0.25, 0.3) is 5.56 Å². The van der Waals surface area contributed by atoms with Gasteiger partial charge in [0.1, 0.15) is 11.4 Å². The van der Waals surface area contributed by atoms with Crippen molar-refractivity contribution in [1.29, 1.82) is 0 Å². The largest absolute Gasteiger partial charge is 0.450 e. The standard InChI is InChI=1S/C39H38F2N6O5/c1-38(2,3)52-37(50)44-21-31-28-19-24(12-15-27(28)35(48)46-45-31)39(16-17-39)36(49)47(32-11-4-7-23-8-6-18-42-33(23)32)22-25-13-14-26(20-43-25)51-34-29(40)9-5-10-30(34)41/h5-6,8-10,12-15,18-20,32H,4,7,11,16-17,21-22H2,1-3H3,(H,44,50)(H,46,48). The number of rotatable bonds is 9. The molecule has 0 bridgehead atoms. The lowest BCUT2D eigenvalue weighted by Gasteiger charge is -2.37. The van der Waals surface area contributed by atoms with Crippen molar-refractivity contribution in [3.8, 4) is 11.5 Å². The van der Waals surface area contributed by atoms with E-state index in [0.29, 0.717) is 41.4 Å². The summed E-state index contributed by atoms with van der Waals surface area (Å²) >= 11 is 0. The summed E-state index contributed by atoms with van der Waals surface area (Å²) in [6.45, 7) is 5.44. The van der Waals surface area contributed by atoms with Gasteiger partial charge in [0.05, 0.1) is 53.2 Å². The summed E-state index contributed by atoms with van der Waals surface area (Å²) < 4.78 is 39.3. The third kappa shape index (κ3) is 7.07. The maximum Gasteiger partial charge on any atom is 0.407 e. The molecule has 52 heavy (non-hydrogen) atoms. The van der Waals surface area contributed by atoms with Gasteiger partial charge < -0.3 is 19.7 Å². The number of pyridine rings is 2. The highest BCUT2D eigenvalue weighted by atomic mass is 19.1. The Balaban J connectivity index is 1.21. The van der Waals surface area contributed by atoms with Crippen LogP contribution in [-0.4, -0.2) is 42.7 Å². The summed E-state index contributed by atoms with van der Waals surface area (Å²) in [5, 5.41) is 10.3. The molecule has 2 N–H and O–H groups in total. The number of nitrogens with one attached hydrogen (secondary N) is 2. The molecule has 0 aliphatic heterocycles. The molecule has 1 saturated carbocycles. The van der Waals surface area contributed by atoms with E-state index < -0.39 is 34.5 Å². The maximum absolute atomic E-state index is 15.0. The lowest BCUT2D eigenvalue weighted by Crippen LogP contribution is -2.43. The number of aryl methyl sites for hydroxylation is 1. The number of aromatic amines is 1. The van der Waals surface area contributed by atoms with Gasteiger partial charge in [-0.05, 0) is 106 Å². The molecule has 268 valence electrons. The molecule has 2 aromatic carbocycles. The predicted octanol–water partition coefficient (Wildman–Crippen LogP) is 6.95. The van der Waals surface area contributed by atoms with Gasteiger partial charge in [-0.2, -0.15) is 5.10 Å². The summed E-state index contributed by atoms with van der Waals surface area (Å²) in [5.74, 6) is -2.15. The number of alkyl carbamates (subject to hydrolysis) is 1. The Labute approximate surface area is 298 Å². The summed E-state index contributed by atoms with van der Waals surface area (Å²) in [5.41, 5.74) is 1.70. The van der Waals surface area contributed by atoms with E-state index in [1.54, 1.807) is 45.2 Å². The number of H-pyrrole nitrogens is 1. The van der Waals surface area contributed by atoms with Gasteiger partial charge in [0, 0.05) is 11.6 Å². The summed E-state index contributed by atoms with van der Waals surface area (Å²) in [6.07, 6.45) is 6.10. The van der Waals surface area contributed by atoms with Crippen LogP contribution in [0.3, 0.4) is 0 Å². The van der Waals surface area contributed by atoms with E-state index in [-0.39, 0.29) is 36.3 Å². The van der Waals surface area contributed by atoms with Crippen LogP contribution < -0.4 is 15.6 Å². The number of aromatic nitrogens is 4. The molecule has 3 heterocycles. The number of hydrogen-bond donors (Lipinski definition) is 2. The Morgan fingerprint density at radius 2 is 1.81 bits per heavy atom. The number of fused-ring (bicyclic) bond motifs is 2. The van der Waals surface area contributed by atoms with Crippen molar-refractivity contribution < 1.29 is 27.8 Å². The van der Waals surface area contributed by atoms with Crippen LogP contribution in [0.4, 0.5) is 13.6 Å². The van der Waals surface area contributed by atoms with Crippen LogP contribution in [0.25, 0.3) is 10.8 Å². The maximum atomic E-state index is 15.0. The minimum Gasteiger partial charge on any atom is -0.450 e. The van der Waals surface area contributed by atoms with E-state index in [1.165, 1.54) is 12.3 Å². The van der Waals surface area contributed by atoms with Crippen molar-refractivity contribution >= 4 is 22.8 Å². The first kappa shape index (κ1) is 34.7. The number of hydrogen-bond acceptors (Lipinski definition) is 8. The summed E-state index contributed by atoms with van der Waals surface area (Å²) in [6, 6.07) is 15.7. The number of para-hydroxylation sites is 1. The molecular formula is C39H38F2N6O5. The van der Waals surface area contributed by atoms with Crippen molar-refractivity contribution in [3.05, 3.63) is 123 Å². The minimum atomic E-state index is -0.871. The van der Waals surface area contributed by atoms with E-state index in [9.17, 15) is 23.2 Å². The Kier molecular flexibility index (Phi) is 9.20. The molecule has 2 aliphatic carbocycles. The molecular weight excluding hydrogens is 670 g/mol. The topological polar surface area (TPSA) is 139 Å². The second-order valence-corrected chi connectivity index (χ2v) is 14.2. The lowest BCUT2D eigenvalue weighted by atomic mass is 9.87. The van der Waals surface area contributed by atoms with Crippen LogP contribution in [0, 0.1) is 11.6 Å². The lowest BCUT2D eigenvalue weighted by molar-refractivity contribution is -0.137. The molecule has 1 fully saturated rings. The first-order valence-electron chi connectivity index (χ1n) is 17.2. The molecule has 7 rings (SSSR count). The van der Waals surface area contributed by atoms with E-state index in [1.807, 2.05) is 29.2 Å². The van der Waals surface area contributed by atoms with E-state index in [2.05, 4.69) is 20.5 Å². The number of amides is 2. The Morgan fingerprint density at radius 1 is 1.02 bits per heavy atom. The van der Waals surface area contributed by atoms with E-state index >= 15 is 0 Å². The fraction of sp³-hybridized carbons (Fsp3) is 0.333. The first-order chi connectivity index (χ1) is 24.9. The third-order valence-corrected chi connectivity index (χ3v) is 9.45. The summed E-state index contributed by atoms with van der Waals surface area (Å²) in [4.78, 5) is 51.3. The molecule has 1 unspecified atom stereocenters.